The average molecular weight is 318 g/mol. The van der Waals surface area contributed by atoms with Gasteiger partial charge in [0.1, 0.15) is 0 Å². The van der Waals surface area contributed by atoms with Crippen molar-refractivity contribution in [2.24, 2.45) is 0 Å². The fourth-order valence-corrected chi connectivity index (χ4v) is 1.99. The van der Waals surface area contributed by atoms with Crippen LogP contribution >= 0.6 is 0 Å². The molecular formula is C15H21F3N2O2. The first-order valence-electron chi connectivity index (χ1n) is 6.96. The first kappa shape index (κ1) is 18.3. The lowest BCUT2D eigenvalue weighted by molar-refractivity contribution is -0.138. The monoisotopic (exact) mass is 318 g/mol. The third-order valence-corrected chi connectivity index (χ3v) is 3.46. The maximum Gasteiger partial charge on any atom is 0.416 e. The number of urea groups is 1. The second-order valence-electron chi connectivity index (χ2n) is 5.35. The van der Waals surface area contributed by atoms with Gasteiger partial charge in [-0.05, 0) is 31.9 Å². The van der Waals surface area contributed by atoms with Crippen LogP contribution in [-0.4, -0.2) is 41.8 Å². The lowest BCUT2D eigenvalue weighted by Gasteiger charge is -2.26. The third-order valence-electron chi connectivity index (χ3n) is 3.46. The fourth-order valence-electron chi connectivity index (χ4n) is 1.99. The lowest BCUT2D eigenvalue weighted by atomic mass is 10.0. The van der Waals surface area contributed by atoms with Crippen LogP contribution < -0.4 is 5.32 Å². The molecule has 2 unspecified atom stereocenters. The molecule has 0 saturated heterocycles. The Morgan fingerprint density at radius 3 is 2.45 bits per heavy atom. The number of aliphatic hydroxyl groups excluding tert-OH is 1. The molecule has 0 fully saturated rings. The van der Waals surface area contributed by atoms with E-state index in [1.807, 2.05) is 0 Å². The number of carbonyl (C=O) groups is 1. The van der Waals surface area contributed by atoms with Gasteiger partial charge in [0, 0.05) is 13.1 Å². The minimum Gasteiger partial charge on any atom is -0.394 e. The molecule has 0 radical (unpaired) electrons. The molecule has 0 saturated carbocycles. The maximum atomic E-state index is 12.9. The zero-order chi connectivity index (χ0) is 16.9. The van der Waals surface area contributed by atoms with E-state index in [1.165, 1.54) is 24.1 Å². The Balaban J connectivity index is 2.74. The molecule has 2 amide bonds. The van der Waals surface area contributed by atoms with Crippen molar-refractivity contribution < 1.29 is 23.1 Å². The number of hydrogen-bond donors (Lipinski definition) is 2. The molecule has 22 heavy (non-hydrogen) atoms. The summed E-state index contributed by atoms with van der Waals surface area (Å²) in [5, 5.41) is 11.6. The molecule has 2 atom stereocenters. The Morgan fingerprint density at radius 2 is 1.91 bits per heavy atom. The van der Waals surface area contributed by atoms with E-state index in [-0.39, 0.29) is 24.6 Å². The van der Waals surface area contributed by atoms with E-state index in [4.69, 9.17) is 5.11 Å². The van der Waals surface area contributed by atoms with Crippen molar-refractivity contribution in [3.63, 3.8) is 0 Å². The molecule has 0 aliphatic heterocycles. The summed E-state index contributed by atoms with van der Waals surface area (Å²) in [7, 11) is 1.52. The highest BCUT2D eigenvalue weighted by molar-refractivity contribution is 5.74. The highest BCUT2D eigenvalue weighted by atomic mass is 19.4. The minimum absolute atomic E-state index is 0.0722. The number of benzene rings is 1. The Morgan fingerprint density at radius 1 is 1.32 bits per heavy atom. The van der Waals surface area contributed by atoms with Crippen molar-refractivity contribution in [1.82, 2.24) is 10.2 Å². The van der Waals surface area contributed by atoms with Crippen LogP contribution in [0.2, 0.25) is 0 Å². The number of nitrogens with one attached hydrogen (secondary N) is 1. The standard InChI is InChI=1S/C15H21F3N2O2/c1-10(19-14(22)20(3)11(2)9-21)8-12-6-4-5-7-13(12)15(16,17)18/h4-7,10-11,21H,8-9H2,1-3H3,(H,19,22). The van der Waals surface area contributed by atoms with Crippen LogP contribution in [0.25, 0.3) is 0 Å². The number of amides is 2. The summed E-state index contributed by atoms with van der Waals surface area (Å²) < 4.78 is 38.8. The molecule has 124 valence electrons. The van der Waals surface area contributed by atoms with Crippen LogP contribution in [0, 0.1) is 0 Å². The topological polar surface area (TPSA) is 52.6 Å². The highest BCUT2D eigenvalue weighted by Crippen LogP contribution is 2.32. The van der Waals surface area contributed by atoms with E-state index in [9.17, 15) is 18.0 Å². The predicted molar refractivity (Wildman–Crippen MR) is 77.5 cm³/mol. The Hall–Kier alpha value is -1.76. The van der Waals surface area contributed by atoms with E-state index in [0.717, 1.165) is 6.07 Å². The van der Waals surface area contributed by atoms with Gasteiger partial charge in [-0.3, -0.25) is 0 Å². The van der Waals surface area contributed by atoms with E-state index in [1.54, 1.807) is 19.9 Å². The molecule has 4 nitrogen and oxygen atoms in total. The normalized spacial score (nSPS) is 14.3. The molecule has 2 N–H and O–H groups in total. The number of carbonyl (C=O) groups excluding carboxylic acids is 1. The first-order valence-corrected chi connectivity index (χ1v) is 6.96. The van der Waals surface area contributed by atoms with Gasteiger partial charge in [-0.15, -0.1) is 0 Å². The molecule has 1 aromatic rings. The number of alkyl halides is 3. The van der Waals surface area contributed by atoms with Crippen LogP contribution in [0.3, 0.4) is 0 Å². The highest BCUT2D eigenvalue weighted by Gasteiger charge is 2.33. The summed E-state index contributed by atoms with van der Waals surface area (Å²) in [5.41, 5.74) is -0.547. The van der Waals surface area contributed by atoms with Crippen LogP contribution in [0.15, 0.2) is 24.3 Å². The summed E-state index contributed by atoms with van der Waals surface area (Å²) in [6, 6.07) is 4.05. The number of likely N-dealkylation sites (N-methyl/N-ethyl adjacent to an activating group) is 1. The SMILES string of the molecule is CC(Cc1ccccc1C(F)(F)F)NC(=O)N(C)C(C)CO. The number of hydrogen-bond acceptors (Lipinski definition) is 2. The molecular weight excluding hydrogens is 297 g/mol. The molecule has 1 rings (SSSR count). The van der Waals surface area contributed by atoms with Gasteiger partial charge in [0.2, 0.25) is 0 Å². The predicted octanol–water partition coefficient (Wildman–Crippen LogP) is 2.66. The van der Waals surface area contributed by atoms with Crippen LogP contribution in [0.4, 0.5) is 18.0 Å². The Kier molecular flexibility index (Phi) is 6.22. The lowest BCUT2D eigenvalue weighted by Crippen LogP contribution is -2.47. The Labute approximate surface area is 127 Å². The van der Waals surface area contributed by atoms with Crippen LogP contribution in [0.1, 0.15) is 25.0 Å². The van der Waals surface area contributed by atoms with Crippen molar-refractivity contribution in [2.75, 3.05) is 13.7 Å². The summed E-state index contributed by atoms with van der Waals surface area (Å²) in [6.07, 6.45) is -4.34. The first-order chi connectivity index (χ1) is 10.2. The fraction of sp³-hybridized carbons (Fsp3) is 0.533. The van der Waals surface area contributed by atoms with Crippen LogP contribution in [0.5, 0.6) is 0 Å². The van der Waals surface area contributed by atoms with Gasteiger partial charge in [-0.25, -0.2) is 4.79 Å². The average Bonchev–Trinajstić information content (AvgIpc) is 2.44. The van der Waals surface area contributed by atoms with Crippen molar-refractivity contribution in [3.05, 3.63) is 35.4 Å². The molecule has 0 bridgehead atoms. The van der Waals surface area contributed by atoms with Gasteiger partial charge in [-0.2, -0.15) is 13.2 Å². The van der Waals surface area contributed by atoms with Gasteiger partial charge in [0.05, 0.1) is 18.2 Å². The zero-order valence-electron chi connectivity index (χ0n) is 12.8. The molecule has 7 heteroatoms. The second kappa shape index (κ2) is 7.49. The smallest absolute Gasteiger partial charge is 0.394 e. The molecule has 0 heterocycles. The quantitative estimate of drug-likeness (QED) is 0.877. The molecule has 0 aliphatic carbocycles. The largest absolute Gasteiger partial charge is 0.416 e. The van der Waals surface area contributed by atoms with E-state index < -0.39 is 23.8 Å². The summed E-state index contributed by atoms with van der Waals surface area (Å²) >= 11 is 0. The van der Waals surface area contributed by atoms with E-state index in [2.05, 4.69) is 5.32 Å². The van der Waals surface area contributed by atoms with Crippen LogP contribution in [-0.2, 0) is 12.6 Å². The molecule has 0 aromatic heterocycles. The van der Waals surface area contributed by atoms with Gasteiger partial charge in [-0.1, -0.05) is 18.2 Å². The van der Waals surface area contributed by atoms with Gasteiger partial charge >= 0.3 is 12.2 Å². The third kappa shape index (κ3) is 4.91. The van der Waals surface area contributed by atoms with Crippen molar-refractivity contribution in [3.8, 4) is 0 Å². The van der Waals surface area contributed by atoms with Crippen molar-refractivity contribution in [2.45, 2.75) is 38.5 Å². The van der Waals surface area contributed by atoms with Gasteiger partial charge in [0.15, 0.2) is 0 Å². The summed E-state index contributed by atoms with van der Waals surface area (Å²) in [6.45, 7) is 3.13. The zero-order valence-corrected chi connectivity index (χ0v) is 12.8. The summed E-state index contributed by atoms with van der Waals surface area (Å²) in [5.74, 6) is 0. The van der Waals surface area contributed by atoms with Crippen molar-refractivity contribution >= 4 is 6.03 Å². The number of nitrogens with zero attached hydrogens (tertiary/aromatic N) is 1. The van der Waals surface area contributed by atoms with Gasteiger partial charge < -0.3 is 15.3 Å². The maximum absolute atomic E-state index is 12.9. The summed E-state index contributed by atoms with van der Waals surface area (Å²) in [4.78, 5) is 13.2. The van der Waals surface area contributed by atoms with Crippen molar-refractivity contribution in [1.29, 1.82) is 0 Å². The molecule has 0 aliphatic rings. The molecule has 0 spiro atoms. The minimum atomic E-state index is -4.41. The van der Waals surface area contributed by atoms with E-state index in [0.29, 0.717) is 0 Å². The Bertz CT molecular complexity index is 506. The number of aliphatic hydroxyl groups is 1. The second-order valence-corrected chi connectivity index (χ2v) is 5.35. The van der Waals surface area contributed by atoms with E-state index >= 15 is 0 Å². The molecule has 1 aromatic carbocycles. The van der Waals surface area contributed by atoms with Gasteiger partial charge in [0.25, 0.3) is 0 Å². The number of rotatable bonds is 5. The number of halogens is 3.